The smallest absolute Gasteiger partial charge is 0.273 e. The fraction of sp³-hybridized carbons (Fsp3) is 0.179. The number of non-ortho nitro benzene ring substituents is 1. The lowest BCUT2D eigenvalue weighted by Crippen LogP contribution is -2.29. The molecule has 0 saturated carbocycles. The minimum Gasteiger partial charge on any atom is -0.496 e. The summed E-state index contributed by atoms with van der Waals surface area (Å²) in [5.41, 5.74) is 2.40. The molecule has 2 N–H and O–H groups in total. The Morgan fingerprint density at radius 3 is 2.58 bits per heavy atom. The Morgan fingerprint density at radius 1 is 1.10 bits per heavy atom. The minimum absolute atomic E-state index is 0.0893. The van der Waals surface area contributed by atoms with Crippen LogP contribution in [0.1, 0.15) is 30.5 Å². The summed E-state index contributed by atoms with van der Waals surface area (Å²) in [4.78, 5) is 29.1. The number of nitrogens with one attached hydrogen (secondary N) is 2. The second-order valence-corrected chi connectivity index (χ2v) is 9.29. The van der Waals surface area contributed by atoms with Crippen LogP contribution in [0.5, 0.6) is 11.5 Å². The van der Waals surface area contributed by atoms with Crippen molar-refractivity contribution in [1.82, 2.24) is 10.3 Å². The molecule has 0 aliphatic carbocycles. The molecule has 40 heavy (non-hydrogen) atoms. The molecule has 0 radical (unpaired) electrons. The number of hydrogen-bond acceptors (Lipinski definition) is 8. The topological polar surface area (TPSA) is 132 Å². The lowest BCUT2D eigenvalue weighted by atomic mass is 10.0. The largest absolute Gasteiger partial charge is 0.496 e. The number of nitrogens with zero attached hydrogens (tertiary/aromatic N) is 3. The van der Waals surface area contributed by atoms with Crippen molar-refractivity contribution < 1.29 is 23.6 Å². The molecule has 204 valence electrons. The molecule has 1 amide bonds. The van der Waals surface area contributed by atoms with Crippen molar-refractivity contribution >= 4 is 40.3 Å². The molecule has 2 aromatic heterocycles. The predicted octanol–water partition coefficient (Wildman–Crippen LogP) is 5.40. The highest BCUT2D eigenvalue weighted by Crippen LogP contribution is 2.45. The quantitative estimate of drug-likeness (QED) is 0.164. The Hall–Kier alpha value is -4.97. The van der Waals surface area contributed by atoms with Crippen LogP contribution in [0.4, 0.5) is 17.1 Å². The second-order valence-electron chi connectivity index (χ2n) is 8.91. The Balaban J connectivity index is 1.61. The normalized spacial score (nSPS) is 16.4. The zero-order chi connectivity index (χ0) is 28.4. The highest BCUT2D eigenvalue weighted by Gasteiger charge is 2.43. The summed E-state index contributed by atoms with van der Waals surface area (Å²) in [7, 11) is 2.97. The fourth-order valence-corrected chi connectivity index (χ4v) is 5.05. The van der Waals surface area contributed by atoms with Gasteiger partial charge in [-0.1, -0.05) is 6.07 Å². The van der Waals surface area contributed by atoms with E-state index in [1.807, 2.05) is 35.2 Å². The summed E-state index contributed by atoms with van der Waals surface area (Å²) in [5, 5.41) is 17.9. The van der Waals surface area contributed by atoms with E-state index in [1.54, 1.807) is 30.5 Å². The zero-order valence-corrected chi connectivity index (χ0v) is 22.6. The molecule has 1 aliphatic rings. The molecule has 2 aromatic carbocycles. The summed E-state index contributed by atoms with van der Waals surface area (Å²) in [6, 6.07) is 18.1. The van der Waals surface area contributed by atoms with E-state index in [1.165, 1.54) is 33.3 Å². The number of rotatable bonds is 8. The molecule has 3 heterocycles. The van der Waals surface area contributed by atoms with Crippen LogP contribution in [0, 0.1) is 10.1 Å². The van der Waals surface area contributed by atoms with Crippen LogP contribution in [-0.4, -0.2) is 35.1 Å². The van der Waals surface area contributed by atoms with Crippen molar-refractivity contribution in [1.29, 1.82) is 0 Å². The SMILES string of the molecule is COc1ccc(N2C(=S)NC(c3ccccn3)C2c2ccc(-c3ccc([N+](=O)[O-])cc3OC)o2)cc1NC(C)=O. The lowest BCUT2D eigenvalue weighted by molar-refractivity contribution is -0.384. The van der Waals surface area contributed by atoms with Gasteiger partial charge in [0.15, 0.2) is 5.11 Å². The third-order valence-electron chi connectivity index (χ3n) is 6.45. The van der Waals surface area contributed by atoms with E-state index in [4.69, 9.17) is 26.1 Å². The maximum Gasteiger partial charge on any atom is 0.273 e. The van der Waals surface area contributed by atoms with Gasteiger partial charge in [0.1, 0.15) is 29.1 Å². The van der Waals surface area contributed by atoms with E-state index in [0.717, 1.165) is 5.69 Å². The zero-order valence-electron chi connectivity index (χ0n) is 21.8. The van der Waals surface area contributed by atoms with Crippen LogP contribution in [0.15, 0.2) is 77.3 Å². The van der Waals surface area contributed by atoms with E-state index in [9.17, 15) is 14.9 Å². The number of nitro benzene ring substituents is 1. The summed E-state index contributed by atoms with van der Waals surface area (Å²) in [6.07, 6.45) is 1.71. The van der Waals surface area contributed by atoms with Crippen LogP contribution in [0.2, 0.25) is 0 Å². The van der Waals surface area contributed by atoms with E-state index in [2.05, 4.69) is 15.6 Å². The Morgan fingerprint density at radius 2 is 1.90 bits per heavy atom. The summed E-state index contributed by atoms with van der Waals surface area (Å²) in [6.45, 7) is 1.42. The number of furan rings is 1. The first-order chi connectivity index (χ1) is 19.3. The van der Waals surface area contributed by atoms with Crippen LogP contribution >= 0.6 is 12.2 Å². The fourth-order valence-electron chi connectivity index (χ4n) is 4.71. The van der Waals surface area contributed by atoms with Gasteiger partial charge in [-0.2, -0.15) is 0 Å². The van der Waals surface area contributed by atoms with E-state index in [0.29, 0.717) is 45.1 Å². The van der Waals surface area contributed by atoms with Gasteiger partial charge in [-0.25, -0.2) is 0 Å². The van der Waals surface area contributed by atoms with Gasteiger partial charge in [0.25, 0.3) is 5.69 Å². The highest BCUT2D eigenvalue weighted by molar-refractivity contribution is 7.80. The Kier molecular flexibility index (Phi) is 7.34. The van der Waals surface area contributed by atoms with Crippen molar-refractivity contribution in [3.63, 3.8) is 0 Å². The van der Waals surface area contributed by atoms with E-state index in [-0.39, 0.29) is 17.6 Å². The number of carbonyl (C=O) groups excluding carboxylic acids is 1. The molecule has 0 bridgehead atoms. The third kappa shape index (κ3) is 5.04. The molecule has 12 heteroatoms. The van der Waals surface area contributed by atoms with Crippen molar-refractivity contribution in [2.45, 2.75) is 19.0 Å². The molecule has 5 rings (SSSR count). The first kappa shape index (κ1) is 26.6. The molecular weight excluding hydrogens is 534 g/mol. The highest BCUT2D eigenvalue weighted by atomic mass is 32.1. The number of anilines is 2. The maximum absolute atomic E-state index is 11.9. The molecule has 4 aromatic rings. The van der Waals surface area contributed by atoms with Crippen LogP contribution in [0.3, 0.4) is 0 Å². The number of aromatic nitrogens is 1. The van der Waals surface area contributed by atoms with Gasteiger partial charge in [-0.3, -0.25) is 19.9 Å². The van der Waals surface area contributed by atoms with Gasteiger partial charge in [-0.05, 0) is 60.7 Å². The van der Waals surface area contributed by atoms with Crippen LogP contribution < -0.4 is 25.0 Å². The molecule has 11 nitrogen and oxygen atoms in total. The van der Waals surface area contributed by atoms with Crippen molar-refractivity contribution in [2.75, 3.05) is 24.4 Å². The number of hydrogen-bond donors (Lipinski definition) is 2. The minimum atomic E-state index is -0.482. The first-order valence-electron chi connectivity index (χ1n) is 12.2. The number of ether oxygens (including phenoxy) is 2. The van der Waals surface area contributed by atoms with Gasteiger partial charge >= 0.3 is 0 Å². The number of amides is 1. The standard InChI is InChI=1S/C28H25N5O6S/c1-16(34)30-21-14-17(8-10-23(21)37-2)32-27(26(31-28(32)40)20-6-4-5-13-29-20)24-12-11-22(39-24)19-9-7-18(33(35)36)15-25(19)38-3/h4-15,26-27H,1-3H3,(H,30,34)(H,31,40). The van der Waals surface area contributed by atoms with Crippen LogP contribution in [0.25, 0.3) is 11.3 Å². The Labute approximate surface area is 234 Å². The molecule has 1 saturated heterocycles. The van der Waals surface area contributed by atoms with Gasteiger partial charge in [0.2, 0.25) is 5.91 Å². The predicted molar refractivity (Wildman–Crippen MR) is 153 cm³/mol. The summed E-state index contributed by atoms with van der Waals surface area (Å²) < 4.78 is 17.2. The number of methoxy groups -OCH3 is 2. The first-order valence-corrected chi connectivity index (χ1v) is 12.6. The maximum atomic E-state index is 11.9. The van der Waals surface area contributed by atoms with Gasteiger partial charge < -0.3 is 29.4 Å². The molecular formula is C28H25N5O6S. The Bertz CT molecular complexity index is 1590. The number of nitro groups is 1. The second kappa shape index (κ2) is 11.0. The van der Waals surface area contributed by atoms with E-state index >= 15 is 0 Å². The molecule has 2 unspecified atom stereocenters. The third-order valence-corrected chi connectivity index (χ3v) is 6.76. The number of carbonyl (C=O) groups is 1. The number of pyridine rings is 1. The molecule has 0 spiro atoms. The average molecular weight is 560 g/mol. The van der Waals surface area contributed by atoms with Gasteiger partial charge in [0, 0.05) is 24.9 Å². The lowest BCUT2D eigenvalue weighted by Gasteiger charge is -2.27. The molecule has 1 fully saturated rings. The summed E-state index contributed by atoms with van der Waals surface area (Å²) >= 11 is 5.79. The van der Waals surface area contributed by atoms with Crippen molar-refractivity contribution in [3.05, 3.63) is 94.5 Å². The molecule has 1 aliphatic heterocycles. The average Bonchev–Trinajstić information content (AvgIpc) is 3.57. The van der Waals surface area contributed by atoms with Crippen molar-refractivity contribution in [3.8, 4) is 22.8 Å². The number of thiocarbonyl (C=S) groups is 1. The monoisotopic (exact) mass is 559 g/mol. The van der Waals surface area contributed by atoms with Crippen LogP contribution in [-0.2, 0) is 4.79 Å². The summed E-state index contributed by atoms with van der Waals surface area (Å²) in [5.74, 6) is 1.60. The van der Waals surface area contributed by atoms with Gasteiger partial charge in [-0.15, -0.1) is 0 Å². The molecule has 2 atom stereocenters. The number of benzene rings is 2. The van der Waals surface area contributed by atoms with E-state index < -0.39 is 11.0 Å². The van der Waals surface area contributed by atoms with Crippen molar-refractivity contribution in [2.24, 2.45) is 0 Å². The van der Waals surface area contributed by atoms with Gasteiger partial charge in [0.05, 0.1) is 48.2 Å².